The second-order valence-electron chi connectivity index (χ2n) is 5.23. The zero-order chi connectivity index (χ0) is 15.1. The number of carbonyl (C=O) groups is 2. The number of rotatable bonds is 5. The highest BCUT2D eigenvalue weighted by atomic mass is 16.5. The van der Waals surface area contributed by atoms with Gasteiger partial charge in [0.1, 0.15) is 0 Å². The Hall–Kier alpha value is -1.34. The summed E-state index contributed by atoms with van der Waals surface area (Å²) in [5, 5.41) is 0. The van der Waals surface area contributed by atoms with Crippen LogP contribution < -0.4 is 5.73 Å². The fraction of sp³-hybridized carbons (Fsp3) is 0.846. The van der Waals surface area contributed by atoms with Crippen LogP contribution in [0, 0.1) is 0 Å². The molecule has 0 radical (unpaired) electrons. The molecule has 1 saturated heterocycles. The van der Waals surface area contributed by atoms with Gasteiger partial charge in [0.15, 0.2) is 0 Å². The Balaban J connectivity index is 2.37. The normalized spacial score (nSPS) is 17.0. The number of carbonyl (C=O) groups excluding carboxylic acids is 2. The van der Waals surface area contributed by atoms with Crippen LogP contribution in [0.4, 0.5) is 4.79 Å². The van der Waals surface area contributed by atoms with E-state index < -0.39 is 6.04 Å². The zero-order valence-corrected chi connectivity index (χ0v) is 12.7. The smallest absolute Gasteiger partial charge is 0.319 e. The van der Waals surface area contributed by atoms with E-state index in [0.717, 1.165) is 6.42 Å². The number of hydrogen-bond donors (Lipinski definition) is 1. The summed E-state index contributed by atoms with van der Waals surface area (Å²) >= 11 is 0. The molecule has 7 nitrogen and oxygen atoms in total. The first-order valence-electron chi connectivity index (χ1n) is 6.97. The lowest BCUT2D eigenvalue weighted by molar-refractivity contribution is -0.134. The molecule has 0 aromatic rings. The van der Waals surface area contributed by atoms with Crippen LogP contribution in [0.1, 0.15) is 12.8 Å². The number of ether oxygens (including phenoxy) is 1. The molecule has 2 N–H and O–H groups in total. The van der Waals surface area contributed by atoms with E-state index in [2.05, 4.69) is 0 Å². The first-order valence-corrected chi connectivity index (χ1v) is 6.97. The van der Waals surface area contributed by atoms with Gasteiger partial charge in [-0.3, -0.25) is 4.79 Å². The van der Waals surface area contributed by atoms with Crippen LogP contribution in [-0.4, -0.2) is 86.7 Å². The second kappa shape index (κ2) is 8.06. The molecule has 1 aliphatic heterocycles. The summed E-state index contributed by atoms with van der Waals surface area (Å²) in [6.45, 7) is 2.85. The minimum atomic E-state index is -0.471. The molecule has 1 heterocycles. The molecular formula is C13H26N4O3. The summed E-state index contributed by atoms with van der Waals surface area (Å²) in [6.07, 6.45) is 1.41. The van der Waals surface area contributed by atoms with Crippen LogP contribution in [0.5, 0.6) is 0 Å². The Morgan fingerprint density at radius 3 is 2.25 bits per heavy atom. The van der Waals surface area contributed by atoms with E-state index in [-0.39, 0.29) is 11.9 Å². The van der Waals surface area contributed by atoms with Crippen molar-refractivity contribution in [3.63, 3.8) is 0 Å². The highest BCUT2D eigenvalue weighted by Crippen LogP contribution is 2.07. The maximum atomic E-state index is 12.1. The number of nitrogens with zero attached hydrogens (tertiary/aromatic N) is 3. The van der Waals surface area contributed by atoms with Gasteiger partial charge >= 0.3 is 6.03 Å². The SMILES string of the molecule is COCCCC(N)C(=O)N1CCN(C(=O)N(C)C)CC1. The Morgan fingerprint density at radius 1 is 1.20 bits per heavy atom. The van der Waals surface area contributed by atoms with Crippen molar-refractivity contribution >= 4 is 11.9 Å². The molecule has 0 saturated carbocycles. The van der Waals surface area contributed by atoms with Crippen molar-refractivity contribution in [1.82, 2.24) is 14.7 Å². The number of amides is 3. The van der Waals surface area contributed by atoms with Gasteiger partial charge in [-0.15, -0.1) is 0 Å². The molecule has 1 aliphatic rings. The number of piperazine rings is 1. The number of hydrogen-bond acceptors (Lipinski definition) is 4. The van der Waals surface area contributed by atoms with E-state index in [4.69, 9.17) is 10.5 Å². The van der Waals surface area contributed by atoms with Gasteiger partial charge in [-0.2, -0.15) is 0 Å². The maximum absolute atomic E-state index is 12.1. The third-order valence-electron chi connectivity index (χ3n) is 3.43. The molecule has 1 fully saturated rings. The topological polar surface area (TPSA) is 79.1 Å². The first-order chi connectivity index (χ1) is 9.47. The van der Waals surface area contributed by atoms with Gasteiger partial charge in [-0.05, 0) is 12.8 Å². The lowest BCUT2D eigenvalue weighted by atomic mass is 10.1. The minimum absolute atomic E-state index is 0.0125. The molecule has 0 spiro atoms. The largest absolute Gasteiger partial charge is 0.385 e. The Morgan fingerprint density at radius 2 is 1.75 bits per heavy atom. The standard InChI is InChI=1S/C13H26N4O3/c1-15(2)13(19)17-8-6-16(7-9-17)12(18)11(14)5-4-10-20-3/h11H,4-10,14H2,1-3H3. The van der Waals surface area contributed by atoms with Gasteiger partial charge in [0.05, 0.1) is 6.04 Å². The van der Waals surface area contributed by atoms with Crippen LogP contribution in [0.15, 0.2) is 0 Å². The summed E-state index contributed by atoms with van der Waals surface area (Å²) in [4.78, 5) is 29.0. The third kappa shape index (κ3) is 4.64. The quantitative estimate of drug-likeness (QED) is 0.695. The monoisotopic (exact) mass is 286 g/mol. The van der Waals surface area contributed by atoms with Gasteiger partial charge in [-0.1, -0.05) is 0 Å². The van der Waals surface area contributed by atoms with Crippen LogP contribution in [0.25, 0.3) is 0 Å². The lowest BCUT2D eigenvalue weighted by Crippen LogP contribution is -2.55. The van der Waals surface area contributed by atoms with Crippen molar-refractivity contribution in [2.24, 2.45) is 5.73 Å². The lowest BCUT2D eigenvalue weighted by Gasteiger charge is -2.36. The molecule has 1 rings (SSSR count). The summed E-state index contributed by atoms with van der Waals surface area (Å²) in [7, 11) is 5.09. The Labute approximate surface area is 120 Å². The highest BCUT2D eigenvalue weighted by Gasteiger charge is 2.27. The van der Waals surface area contributed by atoms with E-state index >= 15 is 0 Å². The van der Waals surface area contributed by atoms with Gasteiger partial charge in [-0.25, -0.2) is 4.79 Å². The maximum Gasteiger partial charge on any atom is 0.319 e. The second-order valence-corrected chi connectivity index (χ2v) is 5.23. The van der Waals surface area contributed by atoms with Crippen LogP contribution in [-0.2, 0) is 9.53 Å². The molecule has 1 atom stereocenters. The van der Waals surface area contributed by atoms with Crippen LogP contribution in [0.3, 0.4) is 0 Å². The molecule has 7 heteroatoms. The van der Waals surface area contributed by atoms with E-state index in [1.807, 2.05) is 0 Å². The van der Waals surface area contributed by atoms with E-state index in [9.17, 15) is 9.59 Å². The van der Waals surface area contributed by atoms with Gasteiger partial charge in [0.25, 0.3) is 0 Å². The van der Waals surface area contributed by atoms with Crippen molar-refractivity contribution < 1.29 is 14.3 Å². The van der Waals surface area contributed by atoms with E-state index in [0.29, 0.717) is 39.2 Å². The predicted molar refractivity (Wildman–Crippen MR) is 76.3 cm³/mol. The highest BCUT2D eigenvalue weighted by molar-refractivity contribution is 5.82. The van der Waals surface area contributed by atoms with Crippen molar-refractivity contribution in [2.75, 3.05) is 54.0 Å². The minimum Gasteiger partial charge on any atom is -0.385 e. The van der Waals surface area contributed by atoms with Crippen molar-refractivity contribution in [3.8, 4) is 0 Å². The fourth-order valence-electron chi connectivity index (χ4n) is 2.21. The van der Waals surface area contributed by atoms with Crippen molar-refractivity contribution in [1.29, 1.82) is 0 Å². The Kier molecular flexibility index (Phi) is 6.74. The molecule has 0 aromatic carbocycles. The summed E-state index contributed by atoms with van der Waals surface area (Å²) in [5.74, 6) is -0.0296. The molecule has 3 amide bonds. The number of urea groups is 1. The van der Waals surface area contributed by atoms with Crippen LogP contribution in [0.2, 0.25) is 0 Å². The average Bonchev–Trinajstić information content (AvgIpc) is 2.46. The van der Waals surface area contributed by atoms with Gasteiger partial charge in [0.2, 0.25) is 5.91 Å². The third-order valence-corrected chi connectivity index (χ3v) is 3.43. The zero-order valence-electron chi connectivity index (χ0n) is 12.7. The van der Waals surface area contributed by atoms with E-state index in [1.54, 1.807) is 35.9 Å². The average molecular weight is 286 g/mol. The summed E-state index contributed by atoms with van der Waals surface area (Å²) < 4.78 is 4.95. The first kappa shape index (κ1) is 16.7. The van der Waals surface area contributed by atoms with Crippen molar-refractivity contribution in [3.05, 3.63) is 0 Å². The number of nitrogens with two attached hydrogens (primary N) is 1. The molecular weight excluding hydrogens is 260 g/mol. The molecule has 20 heavy (non-hydrogen) atoms. The van der Waals surface area contributed by atoms with Crippen LogP contribution >= 0.6 is 0 Å². The fourth-order valence-corrected chi connectivity index (χ4v) is 2.21. The van der Waals surface area contributed by atoms with E-state index in [1.165, 1.54) is 0 Å². The molecule has 116 valence electrons. The van der Waals surface area contributed by atoms with Gasteiger partial charge < -0.3 is 25.2 Å². The molecule has 1 unspecified atom stereocenters. The molecule has 0 bridgehead atoms. The summed E-state index contributed by atoms with van der Waals surface area (Å²) in [5.41, 5.74) is 5.90. The molecule has 0 aromatic heterocycles. The predicted octanol–water partition coefficient (Wildman–Crippen LogP) is -0.434. The van der Waals surface area contributed by atoms with Crippen molar-refractivity contribution in [2.45, 2.75) is 18.9 Å². The van der Waals surface area contributed by atoms with Gasteiger partial charge in [0, 0.05) is 54.0 Å². The molecule has 0 aliphatic carbocycles. The summed E-state index contributed by atoms with van der Waals surface area (Å²) in [6, 6.07) is -0.484. The Bertz CT molecular complexity index is 328. The number of methoxy groups -OCH3 is 1.